The molecule has 0 aliphatic heterocycles. The molecule has 0 fully saturated rings. The Morgan fingerprint density at radius 2 is 1.52 bits per heavy atom. The molecule has 0 spiro atoms. The molecule has 0 unspecified atom stereocenters. The van der Waals surface area contributed by atoms with E-state index in [9.17, 15) is 44.2 Å². The number of non-ortho nitro benzene ring substituents is 1. The second-order valence-corrected chi connectivity index (χ2v) is 11.8. The van der Waals surface area contributed by atoms with Crippen LogP contribution >= 0.6 is 11.8 Å². The first-order valence-corrected chi connectivity index (χ1v) is 16.9. The molecule has 2 rings (SSSR count). The summed E-state index contributed by atoms with van der Waals surface area (Å²) in [5.74, 6) is -3.35. The lowest BCUT2D eigenvalue weighted by atomic mass is 10.1. The van der Waals surface area contributed by atoms with Gasteiger partial charge in [0, 0.05) is 18.2 Å². The summed E-state index contributed by atoms with van der Waals surface area (Å²) in [6.07, 6.45) is 1.18. The quantitative estimate of drug-likeness (QED) is 0.0391. The molecule has 2 aromatic carbocycles. The van der Waals surface area contributed by atoms with Crippen molar-refractivity contribution < 1.29 is 48.0 Å². The van der Waals surface area contributed by atoms with Gasteiger partial charge in [-0.05, 0) is 30.9 Å². The molecule has 17 nitrogen and oxygen atoms in total. The largest absolute Gasteiger partial charge is 0.464 e. The van der Waals surface area contributed by atoms with Crippen LogP contribution in [0.15, 0.2) is 53.4 Å². The second kappa shape index (κ2) is 22.4. The number of nitro benzene ring substituents is 2. The molecular formula is C32H41N5O12S. The highest BCUT2D eigenvalue weighted by molar-refractivity contribution is 7.99. The van der Waals surface area contributed by atoms with Crippen molar-refractivity contribution in [1.29, 1.82) is 0 Å². The number of hydrogen-bond donors (Lipinski definition) is 3. The third-order valence-corrected chi connectivity index (χ3v) is 7.92. The maximum Gasteiger partial charge on any atom is 0.408 e. The summed E-state index contributed by atoms with van der Waals surface area (Å²) in [7, 11) is 0. The molecule has 0 bridgehead atoms. The molecule has 50 heavy (non-hydrogen) atoms. The Kier molecular flexibility index (Phi) is 18.3. The van der Waals surface area contributed by atoms with Crippen LogP contribution in [0.5, 0.6) is 0 Å². The van der Waals surface area contributed by atoms with Gasteiger partial charge < -0.3 is 30.2 Å². The van der Waals surface area contributed by atoms with E-state index in [1.165, 1.54) is 0 Å². The van der Waals surface area contributed by atoms with Crippen LogP contribution in [0.3, 0.4) is 0 Å². The monoisotopic (exact) mass is 719 g/mol. The van der Waals surface area contributed by atoms with Crippen LogP contribution < -0.4 is 16.0 Å². The van der Waals surface area contributed by atoms with Crippen molar-refractivity contribution in [3.8, 4) is 0 Å². The van der Waals surface area contributed by atoms with Gasteiger partial charge in [-0.1, -0.05) is 57.0 Å². The Morgan fingerprint density at radius 3 is 2.16 bits per heavy atom. The molecule has 0 saturated carbocycles. The number of esters is 2. The minimum Gasteiger partial charge on any atom is -0.464 e. The molecule has 3 amide bonds. The van der Waals surface area contributed by atoms with Crippen molar-refractivity contribution in [3.05, 3.63) is 74.3 Å². The van der Waals surface area contributed by atoms with Gasteiger partial charge in [-0.25, -0.2) is 9.59 Å². The van der Waals surface area contributed by atoms with Crippen LogP contribution in [-0.4, -0.2) is 77.3 Å². The van der Waals surface area contributed by atoms with E-state index in [1.54, 1.807) is 30.3 Å². The van der Waals surface area contributed by atoms with Crippen LogP contribution in [0.1, 0.15) is 57.9 Å². The summed E-state index contributed by atoms with van der Waals surface area (Å²) in [5, 5.41) is 30.0. The lowest BCUT2D eigenvalue weighted by Gasteiger charge is -2.20. The highest BCUT2D eigenvalue weighted by Gasteiger charge is 2.28. The minimum atomic E-state index is -1.36. The zero-order chi connectivity index (χ0) is 36.9. The van der Waals surface area contributed by atoms with E-state index in [0.29, 0.717) is 18.4 Å². The molecule has 272 valence electrons. The Balaban J connectivity index is 2.15. The van der Waals surface area contributed by atoms with Gasteiger partial charge in [-0.3, -0.25) is 34.6 Å². The van der Waals surface area contributed by atoms with Crippen molar-refractivity contribution in [2.75, 3.05) is 25.5 Å². The molecule has 2 atom stereocenters. The van der Waals surface area contributed by atoms with Crippen molar-refractivity contribution in [3.63, 3.8) is 0 Å². The smallest absolute Gasteiger partial charge is 0.408 e. The van der Waals surface area contributed by atoms with E-state index in [0.717, 1.165) is 42.8 Å². The summed E-state index contributed by atoms with van der Waals surface area (Å²) >= 11 is 0.774. The lowest BCUT2D eigenvalue weighted by molar-refractivity contribution is -0.396. The minimum absolute atomic E-state index is 0.0141. The van der Waals surface area contributed by atoms with Crippen LogP contribution in [-0.2, 0) is 40.0 Å². The third kappa shape index (κ3) is 15.3. The molecule has 0 aromatic heterocycles. The number of carbonyl (C=O) groups is 5. The molecule has 0 radical (unpaired) electrons. The van der Waals surface area contributed by atoms with E-state index < -0.39 is 69.7 Å². The molecule has 0 aliphatic carbocycles. The van der Waals surface area contributed by atoms with E-state index >= 15 is 0 Å². The van der Waals surface area contributed by atoms with Gasteiger partial charge in [0.2, 0.25) is 11.8 Å². The number of amides is 3. The summed E-state index contributed by atoms with van der Waals surface area (Å²) in [6.45, 7) is 3.46. The van der Waals surface area contributed by atoms with Gasteiger partial charge >= 0.3 is 18.0 Å². The van der Waals surface area contributed by atoms with Gasteiger partial charge in [-0.15, -0.1) is 11.8 Å². The Hall–Kier alpha value is -5.26. The summed E-state index contributed by atoms with van der Waals surface area (Å²) in [5.41, 5.74) is -0.381. The van der Waals surface area contributed by atoms with Crippen LogP contribution in [0.25, 0.3) is 0 Å². The van der Waals surface area contributed by atoms with E-state index in [4.69, 9.17) is 14.2 Å². The molecule has 0 saturated heterocycles. The number of alkyl carbamates (subject to hydrolysis) is 1. The SMILES string of the molecule is CCCCOC(=O)CNC(=O)[C@H](CSc1ccc([N+](=O)[O-])cc1[N+](=O)[O-])NC(=O)CC[C@H](NC(=O)OCc1ccccc1)C(=O)OCCCC. The van der Waals surface area contributed by atoms with Crippen molar-refractivity contribution in [2.45, 2.75) is 76.0 Å². The predicted octanol–water partition coefficient (Wildman–Crippen LogP) is 3.96. The first-order chi connectivity index (χ1) is 23.9. The number of carbonyl (C=O) groups excluding carboxylic acids is 5. The number of nitrogens with one attached hydrogen (secondary N) is 3. The molecule has 2 aromatic rings. The Bertz CT molecular complexity index is 1480. The van der Waals surface area contributed by atoms with Gasteiger partial charge in [-0.2, -0.15) is 0 Å². The summed E-state index contributed by atoms with van der Waals surface area (Å²) in [4.78, 5) is 84.7. The van der Waals surface area contributed by atoms with Crippen LogP contribution in [0.4, 0.5) is 16.2 Å². The normalized spacial score (nSPS) is 11.7. The predicted molar refractivity (Wildman–Crippen MR) is 180 cm³/mol. The van der Waals surface area contributed by atoms with Gasteiger partial charge in [0.15, 0.2) is 0 Å². The average Bonchev–Trinajstić information content (AvgIpc) is 3.10. The molecule has 3 N–H and O–H groups in total. The number of ether oxygens (including phenoxy) is 3. The number of rotatable bonds is 22. The number of nitro groups is 2. The number of nitrogens with zero attached hydrogens (tertiary/aromatic N) is 2. The zero-order valence-electron chi connectivity index (χ0n) is 27.8. The highest BCUT2D eigenvalue weighted by Crippen LogP contribution is 2.32. The third-order valence-electron chi connectivity index (χ3n) is 6.77. The van der Waals surface area contributed by atoms with Crippen LogP contribution in [0, 0.1) is 20.2 Å². The standard InChI is InChI=1S/C32H41N5O12S/c1-3-5-16-47-29(39)19-33-30(40)25(21-50-27-14-12-23(36(43)44)18-26(27)37(45)46)34-28(38)15-13-24(31(41)48-17-6-4-2)35-32(42)49-20-22-10-8-7-9-11-22/h7-12,14,18,24-25H,3-6,13,15-17,19-21H2,1-2H3,(H,33,40)(H,34,38)(H,35,42)/t24-,25-/m0/s1. The van der Waals surface area contributed by atoms with Crippen molar-refractivity contribution in [1.82, 2.24) is 16.0 Å². The number of thioether (sulfide) groups is 1. The Labute approximate surface area is 292 Å². The van der Waals surface area contributed by atoms with E-state index in [-0.39, 0.29) is 43.3 Å². The van der Waals surface area contributed by atoms with Crippen LogP contribution in [0.2, 0.25) is 0 Å². The summed E-state index contributed by atoms with van der Waals surface area (Å²) in [6, 6.07) is 9.18. The number of hydrogen-bond acceptors (Lipinski definition) is 13. The van der Waals surface area contributed by atoms with Gasteiger partial charge in [0.25, 0.3) is 11.4 Å². The van der Waals surface area contributed by atoms with E-state index in [1.807, 2.05) is 13.8 Å². The molecule has 0 aliphatic rings. The first kappa shape index (κ1) is 40.9. The fourth-order valence-electron chi connectivity index (χ4n) is 4.02. The molecule has 18 heteroatoms. The maximum absolute atomic E-state index is 13.1. The topological polar surface area (TPSA) is 235 Å². The summed E-state index contributed by atoms with van der Waals surface area (Å²) < 4.78 is 15.5. The second-order valence-electron chi connectivity index (χ2n) is 10.7. The maximum atomic E-state index is 13.1. The molecular weight excluding hydrogens is 678 g/mol. The first-order valence-electron chi connectivity index (χ1n) is 15.9. The number of benzene rings is 2. The van der Waals surface area contributed by atoms with Gasteiger partial charge in [0.1, 0.15) is 25.2 Å². The fraction of sp³-hybridized carbons (Fsp3) is 0.469. The lowest BCUT2D eigenvalue weighted by Crippen LogP contribution is -2.50. The van der Waals surface area contributed by atoms with Gasteiger partial charge in [0.05, 0.1) is 34.0 Å². The van der Waals surface area contributed by atoms with Crippen molar-refractivity contribution in [2.24, 2.45) is 0 Å². The number of unbranched alkanes of at least 4 members (excludes halogenated alkanes) is 2. The fourth-order valence-corrected chi connectivity index (χ4v) is 5.05. The van der Waals surface area contributed by atoms with E-state index in [2.05, 4.69) is 16.0 Å². The zero-order valence-corrected chi connectivity index (χ0v) is 28.6. The average molecular weight is 720 g/mol. The Morgan fingerprint density at radius 1 is 0.840 bits per heavy atom. The highest BCUT2D eigenvalue weighted by atomic mass is 32.2. The van der Waals surface area contributed by atoms with Crippen molar-refractivity contribution >= 4 is 53.0 Å². The molecule has 0 heterocycles.